The summed E-state index contributed by atoms with van der Waals surface area (Å²) in [5.74, 6) is -2.75. The molecule has 2 aliphatic rings. The minimum Gasteiger partial charge on any atom is -0.477 e. The van der Waals surface area contributed by atoms with E-state index in [1.54, 1.807) is 32.2 Å². The van der Waals surface area contributed by atoms with Crippen LogP contribution in [0.4, 0.5) is 4.79 Å². The van der Waals surface area contributed by atoms with E-state index in [4.69, 9.17) is 15.2 Å². The fourth-order valence-electron chi connectivity index (χ4n) is 3.71. The number of aromatic nitrogens is 1. The molecule has 3 heterocycles. The minimum atomic E-state index is -1.35. The Morgan fingerprint density at radius 1 is 1.32 bits per heavy atom. The van der Waals surface area contributed by atoms with Gasteiger partial charge in [0.25, 0.3) is 11.8 Å². The van der Waals surface area contributed by atoms with Gasteiger partial charge in [0.1, 0.15) is 34.3 Å². The molecular formula is C23H28N4O8S2. The largest absolute Gasteiger partial charge is 0.477 e. The Bertz CT molecular complexity index is 1180. The quantitative estimate of drug-likeness (QED) is 0.232. The Labute approximate surface area is 221 Å². The predicted octanol–water partition coefficient (Wildman–Crippen LogP) is 1.65. The summed E-state index contributed by atoms with van der Waals surface area (Å²) >= 11 is 2.45. The number of primary amides is 1. The minimum absolute atomic E-state index is 0.0379. The van der Waals surface area contributed by atoms with Crippen molar-refractivity contribution in [3.63, 3.8) is 0 Å². The van der Waals surface area contributed by atoms with Gasteiger partial charge in [0.15, 0.2) is 0 Å². The number of thioether (sulfide) groups is 1. The maximum absolute atomic E-state index is 13.1. The molecule has 37 heavy (non-hydrogen) atoms. The van der Waals surface area contributed by atoms with Crippen molar-refractivity contribution in [1.82, 2.24) is 15.2 Å². The van der Waals surface area contributed by atoms with Gasteiger partial charge in [-0.15, -0.1) is 23.1 Å². The molecule has 1 aromatic rings. The van der Waals surface area contributed by atoms with E-state index in [0.29, 0.717) is 17.1 Å². The van der Waals surface area contributed by atoms with Crippen molar-refractivity contribution in [2.24, 2.45) is 5.73 Å². The smallest absolute Gasteiger partial charge is 0.404 e. The highest BCUT2D eigenvalue weighted by atomic mass is 32.2. The molecule has 0 aromatic carbocycles. The van der Waals surface area contributed by atoms with Crippen molar-refractivity contribution in [3.05, 3.63) is 33.4 Å². The second-order valence-electron chi connectivity index (χ2n) is 9.14. The molecule has 1 fully saturated rings. The molecule has 0 radical (unpaired) electrons. The van der Waals surface area contributed by atoms with Gasteiger partial charge in [0, 0.05) is 16.7 Å². The monoisotopic (exact) mass is 552 g/mol. The number of esters is 1. The lowest BCUT2D eigenvalue weighted by Crippen LogP contribution is -2.70. The van der Waals surface area contributed by atoms with Gasteiger partial charge in [-0.1, -0.05) is 13.0 Å². The summed E-state index contributed by atoms with van der Waals surface area (Å²) < 4.78 is 10.0. The molecule has 1 aromatic heterocycles. The summed E-state index contributed by atoms with van der Waals surface area (Å²) in [5, 5.41) is 13.8. The van der Waals surface area contributed by atoms with E-state index >= 15 is 0 Å². The van der Waals surface area contributed by atoms with Crippen molar-refractivity contribution >= 4 is 58.5 Å². The van der Waals surface area contributed by atoms with Crippen LogP contribution in [0.5, 0.6) is 0 Å². The molecule has 12 nitrogen and oxygen atoms in total. The van der Waals surface area contributed by atoms with Gasteiger partial charge >= 0.3 is 18.0 Å². The number of fused-ring (bicyclic) bond motifs is 1. The number of thiazole rings is 1. The summed E-state index contributed by atoms with van der Waals surface area (Å²) in [4.78, 5) is 66.4. The summed E-state index contributed by atoms with van der Waals surface area (Å²) in [6.07, 6.45) is 1.08. The Balaban J connectivity index is 1.72. The van der Waals surface area contributed by atoms with Gasteiger partial charge in [-0.05, 0) is 27.2 Å². The number of aliphatic carboxylic acids is 1. The molecular weight excluding hydrogens is 524 g/mol. The second-order valence-corrected chi connectivity index (χ2v) is 11.2. The number of carboxylic acid groups (broad SMARTS) is 1. The topological polar surface area (TPSA) is 178 Å². The normalized spacial score (nSPS) is 19.6. The maximum atomic E-state index is 13.1. The number of carbonyl (C=O) groups is 5. The van der Waals surface area contributed by atoms with Crippen LogP contribution in [-0.4, -0.2) is 74.2 Å². The van der Waals surface area contributed by atoms with Gasteiger partial charge in [0.2, 0.25) is 0 Å². The first-order valence-electron chi connectivity index (χ1n) is 11.3. The molecule has 2 aliphatic heterocycles. The molecule has 0 spiro atoms. The Hall–Kier alpha value is -3.39. The number of carboxylic acids is 1. The fourth-order valence-corrected chi connectivity index (χ4v) is 5.81. The number of hydrogen-bond donors (Lipinski definition) is 3. The van der Waals surface area contributed by atoms with Gasteiger partial charge < -0.3 is 25.6 Å². The number of allylic oxidation sites excluding steroid dienone is 1. The van der Waals surface area contributed by atoms with Gasteiger partial charge in [0.05, 0.1) is 17.7 Å². The number of ether oxygens (including phenoxy) is 2. The molecule has 0 aliphatic carbocycles. The number of nitrogens with one attached hydrogen (secondary N) is 1. The number of β-lactam (4-membered cyclic amide) rings is 1. The van der Waals surface area contributed by atoms with Crippen molar-refractivity contribution in [3.8, 4) is 0 Å². The molecule has 200 valence electrons. The summed E-state index contributed by atoms with van der Waals surface area (Å²) in [7, 11) is 0. The van der Waals surface area contributed by atoms with Crippen molar-refractivity contribution in [2.75, 3.05) is 12.4 Å². The van der Waals surface area contributed by atoms with Crippen LogP contribution in [0.15, 0.2) is 22.7 Å². The third kappa shape index (κ3) is 6.68. The summed E-state index contributed by atoms with van der Waals surface area (Å²) in [6, 6.07) is -0.953. The lowest BCUT2D eigenvalue weighted by Gasteiger charge is -2.49. The van der Waals surface area contributed by atoms with E-state index in [1.807, 2.05) is 6.92 Å². The second kappa shape index (κ2) is 11.3. The van der Waals surface area contributed by atoms with E-state index in [1.165, 1.54) is 23.1 Å². The molecule has 0 bridgehead atoms. The zero-order valence-corrected chi connectivity index (χ0v) is 22.4. The number of hydrogen-bond acceptors (Lipinski definition) is 10. The average molecular weight is 553 g/mol. The Morgan fingerprint density at radius 3 is 2.62 bits per heavy atom. The van der Waals surface area contributed by atoms with Gasteiger partial charge in [-0.25, -0.2) is 14.6 Å². The van der Waals surface area contributed by atoms with Crippen molar-refractivity contribution < 1.29 is 38.6 Å². The molecule has 1 saturated heterocycles. The van der Waals surface area contributed by atoms with Crippen LogP contribution >= 0.6 is 23.1 Å². The molecule has 2 unspecified atom stereocenters. The van der Waals surface area contributed by atoms with Gasteiger partial charge in [-0.2, -0.15) is 0 Å². The number of amides is 3. The lowest BCUT2D eigenvalue weighted by molar-refractivity contribution is -0.154. The number of nitrogens with zero attached hydrogens (tertiary/aromatic N) is 2. The van der Waals surface area contributed by atoms with Crippen molar-refractivity contribution in [1.29, 1.82) is 0 Å². The Morgan fingerprint density at radius 2 is 2.03 bits per heavy atom. The summed E-state index contributed by atoms with van der Waals surface area (Å²) in [5.41, 5.74) is 4.89. The van der Waals surface area contributed by atoms with Crippen LogP contribution in [0.3, 0.4) is 0 Å². The van der Waals surface area contributed by atoms with Crippen LogP contribution in [-0.2, 0) is 35.1 Å². The molecule has 14 heteroatoms. The first-order valence-corrected chi connectivity index (χ1v) is 13.2. The number of rotatable bonds is 9. The lowest BCUT2D eigenvalue weighted by atomic mass is 10.0. The zero-order chi connectivity index (χ0) is 27.5. The Kier molecular flexibility index (Phi) is 8.64. The average Bonchev–Trinajstić information content (AvgIpc) is 3.24. The van der Waals surface area contributed by atoms with Crippen LogP contribution in [0.25, 0.3) is 5.57 Å². The van der Waals surface area contributed by atoms with E-state index in [0.717, 1.165) is 4.90 Å². The van der Waals surface area contributed by atoms with Crippen LogP contribution < -0.4 is 11.1 Å². The SMILES string of the molecule is CCC=C(C(=O)NC1C(=O)N2C(C(=O)O)=C(COC(N)=O)CSC12)c1csc(CC(=O)OC(C)(C)C)n1. The third-order valence-electron chi connectivity index (χ3n) is 5.12. The molecule has 4 N–H and O–H groups in total. The highest BCUT2D eigenvalue weighted by Crippen LogP contribution is 2.40. The van der Waals surface area contributed by atoms with E-state index in [9.17, 15) is 29.1 Å². The molecule has 3 amide bonds. The number of nitrogens with two attached hydrogens (primary N) is 1. The van der Waals surface area contributed by atoms with E-state index in [2.05, 4.69) is 10.3 Å². The van der Waals surface area contributed by atoms with Crippen LogP contribution in [0.2, 0.25) is 0 Å². The summed E-state index contributed by atoms with van der Waals surface area (Å²) in [6.45, 7) is 6.79. The fraction of sp³-hybridized carbons (Fsp3) is 0.478. The maximum Gasteiger partial charge on any atom is 0.404 e. The predicted molar refractivity (Wildman–Crippen MR) is 135 cm³/mol. The molecule has 2 atom stereocenters. The van der Waals surface area contributed by atoms with Gasteiger partial charge in [-0.3, -0.25) is 19.3 Å². The highest BCUT2D eigenvalue weighted by Gasteiger charge is 2.54. The number of carbonyl (C=O) groups excluding carboxylic acids is 4. The van der Waals surface area contributed by atoms with E-state index in [-0.39, 0.29) is 35.6 Å². The highest BCUT2D eigenvalue weighted by molar-refractivity contribution is 8.00. The standard InChI is InChI=1S/C23H28N4O8S2/c1-5-6-12(13-10-36-14(25-13)7-15(28)35-23(2,3)4)18(29)26-16-19(30)27-17(21(31)32)11(8-34-22(24)33)9-37-20(16)27/h6,10,16,20H,5,7-9H2,1-4H3,(H2,24,33)(H,26,29)(H,31,32). The van der Waals surface area contributed by atoms with Crippen molar-refractivity contribution in [2.45, 2.75) is 57.6 Å². The first kappa shape index (κ1) is 28.2. The molecule has 0 saturated carbocycles. The van der Waals surface area contributed by atoms with Crippen LogP contribution in [0.1, 0.15) is 44.8 Å². The third-order valence-corrected chi connectivity index (χ3v) is 7.31. The molecule has 3 rings (SSSR count). The van der Waals surface area contributed by atoms with E-state index < -0.39 is 46.9 Å². The zero-order valence-electron chi connectivity index (χ0n) is 20.7. The first-order chi connectivity index (χ1) is 17.3. The van der Waals surface area contributed by atoms with Crippen LogP contribution in [0, 0.1) is 0 Å².